The lowest BCUT2D eigenvalue weighted by Crippen LogP contribution is -2.56. The predicted molar refractivity (Wildman–Crippen MR) is 71.9 cm³/mol. The van der Waals surface area contributed by atoms with Gasteiger partial charge >= 0.3 is 12.0 Å². The van der Waals surface area contributed by atoms with E-state index in [1.54, 1.807) is 0 Å². The van der Waals surface area contributed by atoms with Gasteiger partial charge in [-0.25, -0.2) is 9.59 Å². The summed E-state index contributed by atoms with van der Waals surface area (Å²) in [5.74, 6) is -0.867. The standard InChI is InChI=1S/C14H24N2O3/c1-10-5-3-8-16(11(10)12(17)18)13(19)15-9-14(2)6-4-7-14/h10-11H,3-9H2,1-2H3,(H,15,19)(H,17,18). The number of carbonyl (C=O) groups is 2. The average molecular weight is 268 g/mol. The van der Waals surface area contributed by atoms with Crippen molar-refractivity contribution in [2.75, 3.05) is 13.1 Å². The summed E-state index contributed by atoms with van der Waals surface area (Å²) in [5, 5.41) is 12.2. The van der Waals surface area contributed by atoms with Gasteiger partial charge in [0.15, 0.2) is 0 Å². The van der Waals surface area contributed by atoms with Crippen LogP contribution in [0.15, 0.2) is 0 Å². The molecule has 1 aliphatic carbocycles. The van der Waals surface area contributed by atoms with E-state index in [0.29, 0.717) is 13.1 Å². The number of nitrogens with one attached hydrogen (secondary N) is 1. The molecule has 1 saturated heterocycles. The number of amides is 2. The third-order valence-corrected chi connectivity index (χ3v) is 4.67. The highest BCUT2D eigenvalue weighted by Crippen LogP contribution is 2.39. The molecule has 19 heavy (non-hydrogen) atoms. The lowest BCUT2D eigenvalue weighted by molar-refractivity contribution is -0.145. The quantitative estimate of drug-likeness (QED) is 0.823. The Labute approximate surface area is 114 Å². The SMILES string of the molecule is CC1CCCN(C(=O)NCC2(C)CCC2)C1C(=O)O. The van der Waals surface area contributed by atoms with Gasteiger partial charge in [0.05, 0.1) is 0 Å². The van der Waals surface area contributed by atoms with Gasteiger partial charge in [0.25, 0.3) is 0 Å². The van der Waals surface area contributed by atoms with Gasteiger partial charge in [-0.2, -0.15) is 0 Å². The maximum Gasteiger partial charge on any atom is 0.326 e. The lowest BCUT2D eigenvalue weighted by Gasteiger charge is -2.41. The number of hydrogen-bond acceptors (Lipinski definition) is 2. The molecule has 0 aromatic carbocycles. The molecular formula is C14H24N2O3. The van der Waals surface area contributed by atoms with Gasteiger partial charge in [-0.15, -0.1) is 0 Å². The first-order valence-corrected chi connectivity index (χ1v) is 7.20. The van der Waals surface area contributed by atoms with Gasteiger partial charge in [0, 0.05) is 13.1 Å². The molecule has 2 atom stereocenters. The molecule has 0 aromatic rings. The van der Waals surface area contributed by atoms with E-state index in [9.17, 15) is 14.7 Å². The molecule has 1 saturated carbocycles. The number of likely N-dealkylation sites (tertiary alicyclic amines) is 1. The van der Waals surface area contributed by atoms with Crippen LogP contribution in [0.5, 0.6) is 0 Å². The van der Waals surface area contributed by atoms with E-state index in [1.807, 2.05) is 6.92 Å². The smallest absolute Gasteiger partial charge is 0.326 e. The van der Waals surface area contributed by atoms with Crippen LogP contribution in [-0.4, -0.2) is 41.1 Å². The van der Waals surface area contributed by atoms with Crippen molar-refractivity contribution in [1.82, 2.24) is 10.2 Å². The molecule has 1 heterocycles. The average Bonchev–Trinajstić information content (AvgIpc) is 2.32. The highest BCUT2D eigenvalue weighted by Gasteiger charge is 2.38. The summed E-state index contributed by atoms with van der Waals surface area (Å²) in [6, 6.07) is -0.893. The minimum Gasteiger partial charge on any atom is -0.480 e. The summed E-state index contributed by atoms with van der Waals surface area (Å²) in [4.78, 5) is 25.0. The highest BCUT2D eigenvalue weighted by molar-refractivity contribution is 5.83. The summed E-state index contributed by atoms with van der Waals surface area (Å²) in [7, 11) is 0. The Balaban J connectivity index is 1.94. The zero-order valence-corrected chi connectivity index (χ0v) is 11.8. The Kier molecular flexibility index (Phi) is 4.02. The van der Waals surface area contributed by atoms with E-state index in [-0.39, 0.29) is 17.4 Å². The van der Waals surface area contributed by atoms with Crippen LogP contribution >= 0.6 is 0 Å². The number of carboxylic acid groups (broad SMARTS) is 1. The normalized spacial score (nSPS) is 29.5. The third-order valence-electron chi connectivity index (χ3n) is 4.67. The Morgan fingerprint density at radius 1 is 1.37 bits per heavy atom. The van der Waals surface area contributed by atoms with Gasteiger partial charge in [-0.05, 0) is 37.0 Å². The van der Waals surface area contributed by atoms with Crippen molar-refractivity contribution in [3.05, 3.63) is 0 Å². The Morgan fingerprint density at radius 2 is 2.05 bits per heavy atom. The van der Waals surface area contributed by atoms with Crippen molar-refractivity contribution >= 4 is 12.0 Å². The molecule has 0 aromatic heterocycles. The van der Waals surface area contributed by atoms with Crippen LogP contribution in [0.1, 0.15) is 46.0 Å². The molecule has 2 rings (SSSR count). The van der Waals surface area contributed by atoms with Crippen LogP contribution in [0.3, 0.4) is 0 Å². The molecule has 2 N–H and O–H groups in total. The summed E-state index contributed by atoms with van der Waals surface area (Å²) in [6.45, 7) is 5.28. The monoisotopic (exact) mass is 268 g/mol. The first-order chi connectivity index (χ1) is 8.93. The molecule has 5 nitrogen and oxygen atoms in total. The number of nitrogens with zero attached hydrogens (tertiary/aromatic N) is 1. The lowest BCUT2D eigenvalue weighted by atomic mass is 9.70. The first kappa shape index (κ1) is 14.2. The van der Waals surface area contributed by atoms with Crippen molar-refractivity contribution in [1.29, 1.82) is 0 Å². The first-order valence-electron chi connectivity index (χ1n) is 7.20. The van der Waals surface area contributed by atoms with Crippen molar-refractivity contribution < 1.29 is 14.7 Å². The van der Waals surface area contributed by atoms with E-state index in [1.165, 1.54) is 11.3 Å². The third kappa shape index (κ3) is 3.01. The van der Waals surface area contributed by atoms with Crippen molar-refractivity contribution in [3.63, 3.8) is 0 Å². The molecule has 1 aliphatic heterocycles. The predicted octanol–water partition coefficient (Wildman–Crippen LogP) is 2.07. The minimum atomic E-state index is -0.891. The van der Waals surface area contributed by atoms with Gasteiger partial charge in [0.2, 0.25) is 0 Å². The van der Waals surface area contributed by atoms with Gasteiger partial charge in [-0.1, -0.05) is 20.3 Å². The highest BCUT2D eigenvalue weighted by atomic mass is 16.4. The molecule has 2 unspecified atom stereocenters. The summed E-state index contributed by atoms with van der Waals surface area (Å²) >= 11 is 0. The molecule has 0 bridgehead atoms. The topological polar surface area (TPSA) is 69.6 Å². The van der Waals surface area contributed by atoms with E-state index in [4.69, 9.17) is 0 Å². The van der Waals surface area contributed by atoms with Crippen LogP contribution in [0, 0.1) is 11.3 Å². The summed E-state index contributed by atoms with van der Waals surface area (Å²) < 4.78 is 0. The largest absolute Gasteiger partial charge is 0.480 e. The summed E-state index contributed by atoms with van der Waals surface area (Å²) in [5.41, 5.74) is 0.218. The van der Waals surface area contributed by atoms with Crippen LogP contribution < -0.4 is 5.32 Å². The number of rotatable bonds is 3. The summed E-state index contributed by atoms with van der Waals surface area (Å²) in [6.07, 6.45) is 5.27. The maximum atomic E-state index is 12.2. The van der Waals surface area contributed by atoms with Gasteiger partial charge in [-0.3, -0.25) is 0 Å². The van der Waals surface area contributed by atoms with E-state index < -0.39 is 12.0 Å². The van der Waals surface area contributed by atoms with Crippen LogP contribution in [0.2, 0.25) is 0 Å². The van der Waals surface area contributed by atoms with Crippen LogP contribution in [0.25, 0.3) is 0 Å². The van der Waals surface area contributed by atoms with Crippen molar-refractivity contribution in [3.8, 4) is 0 Å². The number of aliphatic carboxylic acids is 1. The van der Waals surface area contributed by atoms with E-state index in [0.717, 1.165) is 25.7 Å². The fraction of sp³-hybridized carbons (Fsp3) is 0.857. The fourth-order valence-electron chi connectivity index (χ4n) is 3.14. The van der Waals surface area contributed by atoms with Crippen LogP contribution in [0.4, 0.5) is 4.79 Å². The van der Waals surface area contributed by atoms with Crippen molar-refractivity contribution in [2.45, 2.75) is 52.0 Å². The number of hydrogen-bond donors (Lipinski definition) is 2. The Bertz CT molecular complexity index is 366. The molecule has 2 amide bonds. The van der Waals surface area contributed by atoms with Crippen molar-refractivity contribution in [2.24, 2.45) is 11.3 Å². The number of carboxylic acids is 1. The minimum absolute atomic E-state index is 0.0243. The second-order valence-corrected chi connectivity index (χ2v) is 6.42. The molecule has 108 valence electrons. The maximum absolute atomic E-state index is 12.2. The Hall–Kier alpha value is -1.26. The van der Waals surface area contributed by atoms with Gasteiger partial charge in [0.1, 0.15) is 6.04 Å². The second-order valence-electron chi connectivity index (χ2n) is 6.42. The molecule has 5 heteroatoms. The molecular weight excluding hydrogens is 244 g/mol. The van der Waals surface area contributed by atoms with Gasteiger partial charge < -0.3 is 15.3 Å². The van der Waals surface area contributed by atoms with Crippen LogP contribution in [-0.2, 0) is 4.79 Å². The number of urea groups is 1. The second kappa shape index (κ2) is 5.39. The number of carbonyl (C=O) groups excluding carboxylic acids is 1. The van der Waals surface area contributed by atoms with E-state index >= 15 is 0 Å². The zero-order chi connectivity index (χ0) is 14.0. The molecule has 2 fully saturated rings. The fourth-order valence-corrected chi connectivity index (χ4v) is 3.14. The number of piperidine rings is 1. The Morgan fingerprint density at radius 3 is 2.58 bits per heavy atom. The molecule has 0 radical (unpaired) electrons. The van der Waals surface area contributed by atoms with E-state index in [2.05, 4.69) is 12.2 Å². The molecule has 2 aliphatic rings. The molecule has 0 spiro atoms. The zero-order valence-electron chi connectivity index (χ0n) is 11.8.